The molecule has 23 heavy (non-hydrogen) atoms. The number of H-pyrrole nitrogens is 1. The summed E-state index contributed by atoms with van der Waals surface area (Å²) in [5.41, 5.74) is 7.25. The molecule has 1 aromatic heterocycles. The third-order valence-corrected chi connectivity index (χ3v) is 5.32. The Hall–Kier alpha value is -0.780. The van der Waals surface area contributed by atoms with Crippen LogP contribution in [0, 0.1) is 5.92 Å². The number of imidazole rings is 1. The van der Waals surface area contributed by atoms with Gasteiger partial charge in [-0.3, -0.25) is 4.79 Å². The largest absolute Gasteiger partial charge is 0.348 e. The van der Waals surface area contributed by atoms with Gasteiger partial charge in [-0.15, -0.1) is 24.8 Å². The van der Waals surface area contributed by atoms with Gasteiger partial charge in [0.05, 0.1) is 12.2 Å². The predicted octanol–water partition coefficient (Wildman–Crippen LogP) is 2.87. The normalized spacial score (nSPS) is 28.6. The summed E-state index contributed by atoms with van der Waals surface area (Å²) in [6.45, 7) is 3.73. The molecule has 1 amide bonds. The molecule has 0 bridgehead atoms. The van der Waals surface area contributed by atoms with Crippen LogP contribution in [-0.2, 0) is 4.79 Å². The Balaban J connectivity index is 0.00000132. The van der Waals surface area contributed by atoms with E-state index in [0.29, 0.717) is 5.92 Å². The number of nitrogens with two attached hydrogens (primary N) is 1. The number of likely N-dealkylation sites (tertiary alicyclic amines) is 1. The first-order valence-corrected chi connectivity index (χ1v) is 8.14. The zero-order valence-corrected chi connectivity index (χ0v) is 15.3. The summed E-state index contributed by atoms with van der Waals surface area (Å²) in [5, 5.41) is 0. The summed E-state index contributed by atoms with van der Waals surface area (Å²) in [5.74, 6) is 0.796. The summed E-state index contributed by atoms with van der Waals surface area (Å²) < 4.78 is 0. The predicted molar refractivity (Wildman–Crippen MR) is 96.2 cm³/mol. The van der Waals surface area contributed by atoms with Gasteiger partial charge in [0, 0.05) is 36.4 Å². The molecule has 5 nitrogen and oxygen atoms in total. The molecule has 2 heterocycles. The molecule has 7 heteroatoms. The highest BCUT2D eigenvalue weighted by Gasteiger charge is 2.40. The van der Waals surface area contributed by atoms with Gasteiger partial charge in [-0.1, -0.05) is 12.8 Å². The van der Waals surface area contributed by atoms with Gasteiger partial charge in [-0.2, -0.15) is 0 Å². The zero-order chi connectivity index (χ0) is 14.9. The van der Waals surface area contributed by atoms with Crippen molar-refractivity contribution in [1.82, 2.24) is 14.9 Å². The molecule has 0 spiro atoms. The van der Waals surface area contributed by atoms with Crippen molar-refractivity contribution in [3.63, 3.8) is 0 Å². The van der Waals surface area contributed by atoms with Gasteiger partial charge in [-0.25, -0.2) is 4.98 Å². The highest BCUT2D eigenvalue weighted by atomic mass is 35.5. The number of piperidine rings is 1. The molecule has 3 rings (SSSR count). The van der Waals surface area contributed by atoms with E-state index in [1.54, 1.807) is 6.33 Å². The van der Waals surface area contributed by atoms with Crippen LogP contribution in [0.4, 0.5) is 0 Å². The van der Waals surface area contributed by atoms with Crippen LogP contribution >= 0.6 is 24.8 Å². The Morgan fingerprint density at radius 1 is 1.30 bits per heavy atom. The van der Waals surface area contributed by atoms with Gasteiger partial charge in [0.1, 0.15) is 0 Å². The minimum atomic E-state index is -0.324. The smallest absolute Gasteiger partial charge is 0.227 e. The molecule has 1 aromatic rings. The van der Waals surface area contributed by atoms with Crippen molar-refractivity contribution in [2.45, 2.75) is 56.9 Å². The first kappa shape index (κ1) is 20.3. The molecule has 2 fully saturated rings. The number of halogens is 2. The second-order valence-corrected chi connectivity index (χ2v) is 6.91. The van der Waals surface area contributed by atoms with E-state index in [-0.39, 0.29) is 42.2 Å². The summed E-state index contributed by atoms with van der Waals surface area (Å²) in [6.07, 6.45) is 9.87. The lowest BCUT2D eigenvalue weighted by molar-refractivity contribution is -0.140. The third kappa shape index (κ3) is 4.40. The molecule has 1 aliphatic carbocycles. The molecule has 0 radical (unpaired) electrons. The van der Waals surface area contributed by atoms with Crippen molar-refractivity contribution >= 4 is 30.7 Å². The van der Waals surface area contributed by atoms with Crippen LogP contribution in [0.2, 0.25) is 0 Å². The third-order valence-electron chi connectivity index (χ3n) is 5.32. The summed E-state index contributed by atoms with van der Waals surface area (Å²) in [4.78, 5) is 22.1. The van der Waals surface area contributed by atoms with Crippen molar-refractivity contribution in [1.29, 1.82) is 0 Å². The fraction of sp³-hybridized carbons (Fsp3) is 0.750. The maximum absolute atomic E-state index is 12.8. The zero-order valence-electron chi connectivity index (χ0n) is 13.7. The maximum atomic E-state index is 12.8. The minimum absolute atomic E-state index is 0. The Morgan fingerprint density at radius 2 is 2.00 bits per heavy atom. The van der Waals surface area contributed by atoms with Crippen LogP contribution in [0.25, 0.3) is 0 Å². The molecule has 0 aromatic carbocycles. The Bertz CT molecular complexity index is 484. The lowest BCUT2D eigenvalue weighted by atomic mass is 9.73. The quantitative estimate of drug-likeness (QED) is 0.848. The van der Waals surface area contributed by atoms with E-state index in [0.717, 1.165) is 51.6 Å². The van der Waals surface area contributed by atoms with E-state index in [1.165, 1.54) is 5.69 Å². The van der Waals surface area contributed by atoms with Crippen molar-refractivity contribution in [2.24, 2.45) is 11.7 Å². The summed E-state index contributed by atoms with van der Waals surface area (Å²) in [7, 11) is 0. The molecule has 1 saturated carbocycles. The van der Waals surface area contributed by atoms with Gasteiger partial charge in [0.2, 0.25) is 5.91 Å². The monoisotopic (exact) mass is 362 g/mol. The first-order chi connectivity index (χ1) is 10.1. The van der Waals surface area contributed by atoms with Gasteiger partial charge in [-0.05, 0) is 32.6 Å². The molecular weight excluding hydrogens is 335 g/mol. The van der Waals surface area contributed by atoms with Gasteiger partial charge >= 0.3 is 0 Å². The highest BCUT2D eigenvalue weighted by Crippen LogP contribution is 2.34. The Kier molecular flexibility index (Phi) is 7.36. The number of rotatable bonds is 2. The number of carbonyl (C=O) groups is 1. The number of aromatic amines is 1. The van der Waals surface area contributed by atoms with Crippen LogP contribution in [0.3, 0.4) is 0 Å². The highest BCUT2D eigenvalue weighted by molar-refractivity contribution is 5.85. The topological polar surface area (TPSA) is 75.0 Å². The second kappa shape index (κ2) is 8.36. The fourth-order valence-electron chi connectivity index (χ4n) is 3.89. The van der Waals surface area contributed by atoms with E-state index in [1.807, 2.05) is 18.0 Å². The standard InChI is InChI=1S/C16H26N4O.2ClH/c1-16(17)7-3-2-4-13(16)15(21)20-8-5-12(6-9-20)14-10-18-11-19-14;;/h10-13H,2-9,17H2,1H3,(H,18,19);2*1H. The number of aromatic nitrogens is 2. The van der Waals surface area contributed by atoms with Crippen LogP contribution in [0.15, 0.2) is 12.5 Å². The van der Waals surface area contributed by atoms with E-state index >= 15 is 0 Å². The molecular formula is C16H28Cl2N4O. The van der Waals surface area contributed by atoms with Crippen molar-refractivity contribution in [3.8, 4) is 0 Å². The van der Waals surface area contributed by atoms with E-state index < -0.39 is 0 Å². The summed E-state index contributed by atoms with van der Waals surface area (Å²) in [6, 6.07) is 0. The number of nitrogens with zero attached hydrogens (tertiary/aromatic N) is 2. The van der Waals surface area contributed by atoms with Crippen molar-refractivity contribution < 1.29 is 4.79 Å². The lowest BCUT2D eigenvalue weighted by Gasteiger charge is -2.41. The van der Waals surface area contributed by atoms with E-state index in [9.17, 15) is 4.79 Å². The lowest BCUT2D eigenvalue weighted by Crippen LogP contribution is -2.54. The van der Waals surface area contributed by atoms with Gasteiger partial charge in [0.15, 0.2) is 0 Å². The van der Waals surface area contributed by atoms with Crippen molar-refractivity contribution in [2.75, 3.05) is 13.1 Å². The SMILES string of the molecule is CC1(N)CCCCC1C(=O)N1CCC(c2cnc[nH]2)CC1.Cl.Cl. The molecule has 132 valence electrons. The molecule has 1 saturated heterocycles. The van der Waals surface area contributed by atoms with Crippen molar-refractivity contribution in [3.05, 3.63) is 18.2 Å². The van der Waals surface area contributed by atoms with Crippen LogP contribution in [-0.4, -0.2) is 39.4 Å². The van der Waals surface area contributed by atoms with Gasteiger partial charge < -0.3 is 15.6 Å². The van der Waals surface area contributed by atoms with Gasteiger partial charge in [0.25, 0.3) is 0 Å². The molecule has 1 aliphatic heterocycles. The molecule has 2 aliphatic rings. The molecule has 2 atom stereocenters. The Morgan fingerprint density at radius 3 is 2.57 bits per heavy atom. The molecule has 2 unspecified atom stereocenters. The second-order valence-electron chi connectivity index (χ2n) is 6.91. The average molecular weight is 363 g/mol. The number of carbonyl (C=O) groups excluding carboxylic acids is 1. The van der Waals surface area contributed by atoms with Crippen LogP contribution in [0.1, 0.15) is 57.1 Å². The number of hydrogen-bond acceptors (Lipinski definition) is 3. The van der Waals surface area contributed by atoms with Crippen LogP contribution in [0.5, 0.6) is 0 Å². The first-order valence-electron chi connectivity index (χ1n) is 8.14. The number of amides is 1. The van der Waals surface area contributed by atoms with E-state index in [4.69, 9.17) is 5.73 Å². The molecule has 3 N–H and O–H groups in total. The maximum Gasteiger partial charge on any atom is 0.227 e. The average Bonchev–Trinajstić information content (AvgIpc) is 3.00. The Labute approximate surface area is 150 Å². The fourth-order valence-corrected chi connectivity index (χ4v) is 3.89. The number of hydrogen-bond donors (Lipinski definition) is 2. The van der Waals surface area contributed by atoms with E-state index in [2.05, 4.69) is 9.97 Å². The van der Waals surface area contributed by atoms with Crippen LogP contribution < -0.4 is 5.73 Å². The number of nitrogens with one attached hydrogen (secondary N) is 1. The summed E-state index contributed by atoms with van der Waals surface area (Å²) >= 11 is 0. The minimum Gasteiger partial charge on any atom is -0.348 e.